The average Bonchev–Trinajstić information content (AvgIpc) is 4.00. The van der Waals surface area contributed by atoms with Crippen LogP contribution >= 0.6 is 22.7 Å². The number of benzene rings is 6. The number of fused-ring (bicyclic) bond motifs is 10. The van der Waals surface area contributed by atoms with Gasteiger partial charge in [0, 0.05) is 30.3 Å². The summed E-state index contributed by atoms with van der Waals surface area (Å²) in [5.41, 5.74) is 14.5. The zero-order chi connectivity index (χ0) is 35.2. The molecule has 52 heavy (non-hydrogen) atoms. The van der Waals surface area contributed by atoms with Crippen LogP contribution in [0, 0.1) is 0 Å². The fourth-order valence-corrected chi connectivity index (χ4v) is 12.3. The Bertz CT molecular complexity index is 2500. The second-order valence-corrected chi connectivity index (χ2v) is 17.0. The molecule has 0 N–H and O–H groups in total. The Kier molecular flexibility index (Phi) is 7.30. The summed E-state index contributed by atoms with van der Waals surface area (Å²) >= 11 is 3.81. The molecule has 0 aliphatic heterocycles. The van der Waals surface area contributed by atoms with Crippen molar-refractivity contribution in [1.29, 1.82) is 0 Å². The van der Waals surface area contributed by atoms with Gasteiger partial charge in [-0.05, 0) is 139 Å². The Morgan fingerprint density at radius 3 is 1.21 bits per heavy atom. The molecule has 0 unspecified atom stereocenters. The maximum atomic E-state index is 2.42. The van der Waals surface area contributed by atoms with E-state index >= 15 is 0 Å². The van der Waals surface area contributed by atoms with E-state index in [0.29, 0.717) is 0 Å². The maximum absolute atomic E-state index is 2.42. The Hall–Kier alpha value is -4.76. The minimum absolute atomic E-state index is 0.0759. The first-order valence-electron chi connectivity index (χ1n) is 19.1. The quantitative estimate of drug-likeness (QED) is 0.155. The van der Waals surface area contributed by atoms with Crippen molar-refractivity contribution >= 4 is 44.2 Å². The molecule has 0 fully saturated rings. The molecule has 0 amide bonds. The van der Waals surface area contributed by atoms with Crippen LogP contribution in [-0.4, -0.2) is 0 Å². The fourth-order valence-electron chi connectivity index (χ4n) is 10.2. The lowest BCUT2D eigenvalue weighted by atomic mass is 9.72. The molecular weight excluding hydrogens is 665 g/mol. The van der Waals surface area contributed by atoms with Crippen LogP contribution in [0.4, 0.5) is 0 Å². The Balaban J connectivity index is 0.974. The molecule has 2 heteroatoms. The molecule has 0 saturated carbocycles. The third kappa shape index (κ3) is 4.32. The minimum atomic E-state index is 0.0759. The molecule has 254 valence electrons. The molecule has 8 aromatic rings. The average molecular weight is 707 g/mol. The summed E-state index contributed by atoms with van der Waals surface area (Å²) in [6, 6.07) is 51.2. The lowest BCUT2D eigenvalue weighted by molar-refractivity contribution is 0.494. The van der Waals surface area contributed by atoms with Crippen LogP contribution in [-0.2, 0) is 10.8 Å². The van der Waals surface area contributed by atoms with Gasteiger partial charge in [0.05, 0.1) is 0 Å². The first-order chi connectivity index (χ1) is 25.5. The van der Waals surface area contributed by atoms with E-state index < -0.39 is 0 Å². The Morgan fingerprint density at radius 1 is 0.385 bits per heavy atom. The molecule has 2 aromatic heterocycles. The first kappa shape index (κ1) is 31.9. The SMILES string of the molecule is CCC1(CC)c2ccccc2-c2ccc3cc(-c4ccc(-c5ccc(-c6ccc7c8c(ccc7c6)-c6ccccc6C8(CC)CC)s5)s4)ccc3c21. The molecule has 2 aliphatic rings. The van der Waals surface area contributed by atoms with Crippen molar-refractivity contribution < 1.29 is 0 Å². The molecule has 0 saturated heterocycles. The van der Waals surface area contributed by atoms with Crippen LogP contribution in [0.1, 0.15) is 75.6 Å². The molecule has 6 aromatic carbocycles. The van der Waals surface area contributed by atoms with E-state index in [-0.39, 0.29) is 10.8 Å². The highest BCUT2D eigenvalue weighted by Crippen LogP contribution is 2.56. The summed E-state index contributed by atoms with van der Waals surface area (Å²) in [6.45, 7) is 9.44. The van der Waals surface area contributed by atoms with Crippen LogP contribution in [0.5, 0.6) is 0 Å². The van der Waals surface area contributed by atoms with E-state index in [1.807, 2.05) is 22.7 Å². The Morgan fingerprint density at radius 2 is 0.788 bits per heavy atom. The van der Waals surface area contributed by atoms with E-state index in [1.54, 1.807) is 0 Å². The second-order valence-electron chi connectivity index (χ2n) is 14.8. The van der Waals surface area contributed by atoms with Crippen LogP contribution < -0.4 is 0 Å². The van der Waals surface area contributed by atoms with Crippen molar-refractivity contribution in [1.82, 2.24) is 0 Å². The van der Waals surface area contributed by atoms with Crippen LogP contribution in [0.15, 0.2) is 133 Å². The predicted molar refractivity (Wildman–Crippen MR) is 227 cm³/mol. The van der Waals surface area contributed by atoms with Gasteiger partial charge in [-0.3, -0.25) is 0 Å². The fraction of sp³-hybridized carbons (Fsp3) is 0.200. The van der Waals surface area contributed by atoms with Crippen molar-refractivity contribution in [3.05, 3.63) is 156 Å². The van der Waals surface area contributed by atoms with Gasteiger partial charge in [0.25, 0.3) is 0 Å². The monoisotopic (exact) mass is 706 g/mol. The molecular formula is C50H42S2. The lowest BCUT2D eigenvalue weighted by Gasteiger charge is -2.30. The largest absolute Gasteiger partial charge is 0.134 e. The molecule has 0 atom stereocenters. The van der Waals surface area contributed by atoms with E-state index in [4.69, 9.17) is 0 Å². The van der Waals surface area contributed by atoms with Crippen molar-refractivity contribution in [2.75, 3.05) is 0 Å². The maximum Gasteiger partial charge on any atom is 0.0449 e. The minimum Gasteiger partial charge on any atom is -0.134 e. The van der Waals surface area contributed by atoms with Crippen molar-refractivity contribution in [2.24, 2.45) is 0 Å². The zero-order valence-electron chi connectivity index (χ0n) is 30.3. The van der Waals surface area contributed by atoms with Gasteiger partial charge >= 0.3 is 0 Å². The van der Waals surface area contributed by atoms with E-state index in [1.165, 1.54) is 96.7 Å². The molecule has 0 nitrogen and oxygen atoms in total. The van der Waals surface area contributed by atoms with E-state index in [0.717, 1.165) is 25.7 Å². The number of hydrogen-bond donors (Lipinski definition) is 0. The smallest absolute Gasteiger partial charge is 0.0449 e. The van der Waals surface area contributed by atoms with E-state index in [2.05, 4.69) is 161 Å². The molecule has 10 rings (SSSR count). The summed E-state index contributed by atoms with van der Waals surface area (Å²) in [5, 5.41) is 5.48. The lowest BCUT2D eigenvalue weighted by Crippen LogP contribution is -2.23. The highest BCUT2D eigenvalue weighted by molar-refractivity contribution is 7.25. The van der Waals surface area contributed by atoms with E-state index in [9.17, 15) is 0 Å². The van der Waals surface area contributed by atoms with Crippen LogP contribution in [0.2, 0.25) is 0 Å². The second kappa shape index (κ2) is 11.9. The highest BCUT2D eigenvalue weighted by Gasteiger charge is 2.42. The normalized spacial score (nSPS) is 14.8. The molecule has 2 heterocycles. The van der Waals surface area contributed by atoms with Crippen molar-refractivity contribution in [2.45, 2.75) is 64.2 Å². The van der Waals surface area contributed by atoms with Gasteiger partial charge in [0.1, 0.15) is 0 Å². The summed E-state index contributed by atoms with van der Waals surface area (Å²) in [6.07, 6.45) is 4.44. The van der Waals surface area contributed by atoms with Gasteiger partial charge in [-0.15, -0.1) is 22.7 Å². The standard InChI is InChI=1S/C50H42S2/c1-5-49(6-2)41-15-11-9-13-37(41)39-23-17-31-29-33(19-21-35(31)47(39)49)43-25-27-45(51-43)46-28-26-44(52-46)34-20-22-36-32(30-34)18-24-40-38-14-10-12-16-42(38)50(7-3,8-4)48(36)40/h9-30H,5-8H2,1-4H3. The van der Waals surface area contributed by atoms with Gasteiger partial charge < -0.3 is 0 Å². The third-order valence-electron chi connectivity index (χ3n) is 12.9. The first-order valence-corrected chi connectivity index (χ1v) is 20.7. The van der Waals surface area contributed by atoms with Gasteiger partial charge in [0.2, 0.25) is 0 Å². The molecule has 0 radical (unpaired) electrons. The summed E-state index contributed by atoms with van der Waals surface area (Å²) < 4.78 is 0. The number of thiophene rings is 2. The summed E-state index contributed by atoms with van der Waals surface area (Å²) in [4.78, 5) is 5.31. The number of rotatable bonds is 7. The van der Waals surface area contributed by atoms with Gasteiger partial charge in [-0.25, -0.2) is 0 Å². The number of hydrogen-bond acceptors (Lipinski definition) is 2. The topological polar surface area (TPSA) is 0 Å². The van der Waals surface area contributed by atoms with Gasteiger partial charge in [0.15, 0.2) is 0 Å². The predicted octanol–water partition coefficient (Wildman–Crippen LogP) is 15.3. The van der Waals surface area contributed by atoms with Gasteiger partial charge in [-0.1, -0.05) is 125 Å². The zero-order valence-corrected chi connectivity index (χ0v) is 32.0. The molecule has 0 bridgehead atoms. The molecule has 2 aliphatic carbocycles. The highest BCUT2D eigenvalue weighted by atomic mass is 32.1. The van der Waals surface area contributed by atoms with Crippen LogP contribution in [0.3, 0.4) is 0 Å². The van der Waals surface area contributed by atoms with Crippen molar-refractivity contribution in [3.63, 3.8) is 0 Å². The van der Waals surface area contributed by atoms with Gasteiger partial charge in [-0.2, -0.15) is 0 Å². The Labute approximate surface area is 315 Å². The van der Waals surface area contributed by atoms with Crippen LogP contribution in [0.25, 0.3) is 74.4 Å². The third-order valence-corrected chi connectivity index (χ3v) is 15.4. The molecule has 0 spiro atoms. The van der Waals surface area contributed by atoms with Crippen molar-refractivity contribution in [3.8, 4) is 52.9 Å². The summed E-state index contributed by atoms with van der Waals surface area (Å²) in [7, 11) is 0. The summed E-state index contributed by atoms with van der Waals surface area (Å²) in [5.74, 6) is 0.